The molecule has 0 aliphatic heterocycles. The van der Waals surface area contributed by atoms with E-state index in [1.165, 1.54) is 13.8 Å². The van der Waals surface area contributed by atoms with Gasteiger partial charge in [-0.05, 0) is 13.8 Å². The molecule has 0 unspecified atom stereocenters. The Kier molecular flexibility index (Phi) is 25.5. The van der Waals surface area contributed by atoms with Crippen LogP contribution in [0.4, 0.5) is 0 Å². The summed E-state index contributed by atoms with van der Waals surface area (Å²) in [4.78, 5) is 28.4. The van der Waals surface area contributed by atoms with E-state index in [0.29, 0.717) is 0 Å². The van der Waals surface area contributed by atoms with Crippen molar-refractivity contribution >= 4 is 17.9 Å². The molecule has 0 aliphatic rings. The summed E-state index contributed by atoms with van der Waals surface area (Å²) >= 11 is 0. The van der Waals surface area contributed by atoms with Crippen LogP contribution in [0.2, 0.25) is 0 Å². The Hall–Kier alpha value is -2.45. The highest BCUT2D eigenvalue weighted by Gasteiger charge is 1.90. The number of carbonyl (C=O) groups is 3. The number of rotatable bonds is 4. The largest absolute Gasteiger partial charge is 0.478 e. The van der Waals surface area contributed by atoms with Gasteiger partial charge in [-0.2, -0.15) is 0 Å². The maximum atomic E-state index is 9.60. The van der Waals surface area contributed by atoms with Gasteiger partial charge in [0.2, 0.25) is 0 Å². The number of carboxylic acid groups (broad SMARTS) is 3. The fraction of sp³-hybridized carbons (Fsp3) is 0.308. The lowest BCUT2D eigenvalue weighted by Gasteiger charge is -1.79. The number of aliphatic hydroxyl groups is 2. The van der Waals surface area contributed by atoms with E-state index in [1.807, 2.05) is 0 Å². The van der Waals surface area contributed by atoms with Crippen molar-refractivity contribution in [2.24, 2.45) is 0 Å². The van der Waals surface area contributed by atoms with Crippen molar-refractivity contribution in [2.45, 2.75) is 13.8 Å². The van der Waals surface area contributed by atoms with Crippen LogP contribution in [0.3, 0.4) is 0 Å². The van der Waals surface area contributed by atoms with Crippen molar-refractivity contribution in [1.82, 2.24) is 0 Å². The van der Waals surface area contributed by atoms with E-state index in [-0.39, 0.29) is 24.4 Å². The van der Waals surface area contributed by atoms with Gasteiger partial charge in [0, 0.05) is 17.2 Å². The Morgan fingerprint density at radius 2 is 1.00 bits per heavy atom. The zero-order valence-corrected chi connectivity index (χ0v) is 12.1. The van der Waals surface area contributed by atoms with Crippen molar-refractivity contribution in [3.8, 4) is 0 Å². The predicted molar refractivity (Wildman–Crippen MR) is 76.9 cm³/mol. The van der Waals surface area contributed by atoms with Gasteiger partial charge in [0.05, 0.1) is 13.2 Å². The minimum Gasteiger partial charge on any atom is -0.478 e. The van der Waals surface area contributed by atoms with E-state index in [0.717, 1.165) is 6.08 Å². The molecule has 0 atom stereocenters. The first kappa shape index (κ1) is 27.0. The molecular weight excluding hydrogens is 284 g/mol. The Bertz CT molecular complexity index is 307. The fourth-order valence-electron chi connectivity index (χ4n) is 0. The molecule has 0 aromatic heterocycles. The van der Waals surface area contributed by atoms with Gasteiger partial charge in [-0.1, -0.05) is 19.7 Å². The van der Waals surface area contributed by atoms with Crippen molar-refractivity contribution in [3.63, 3.8) is 0 Å². The second-order valence-electron chi connectivity index (χ2n) is 3.16. The van der Waals surface area contributed by atoms with Crippen LogP contribution in [0, 0.1) is 0 Å². The van der Waals surface area contributed by atoms with Gasteiger partial charge in [0.1, 0.15) is 0 Å². The smallest absolute Gasteiger partial charge is 0.330 e. The average molecular weight is 306 g/mol. The van der Waals surface area contributed by atoms with Gasteiger partial charge in [0.25, 0.3) is 0 Å². The molecular formula is C13H22O8. The van der Waals surface area contributed by atoms with E-state index in [4.69, 9.17) is 25.5 Å². The summed E-state index contributed by atoms with van der Waals surface area (Å²) in [5.74, 6) is -2.85. The maximum absolute atomic E-state index is 9.60. The maximum Gasteiger partial charge on any atom is 0.330 e. The number of aliphatic hydroxyl groups excluding tert-OH is 2. The Morgan fingerprint density at radius 3 is 1.00 bits per heavy atom. The summed E-state index contributed by atoms with van der Waals surface area (Å²) in [5.41, 5.74) is 0.352. The van der Waals surface area contributed by atoms with Crippen molar-refractivity contribution in [3.05, 3.63) is 37.0 Å². The van der Waals surface area contributed by atoms with Gasteiger partial charge in [-0.25, -0.2) is 14.4 Å². The Morgan fingerprint density at radius 1 is 0.857 bits per heavy atom. The van der Waals surface area contributed by atoms with Gasteiger partial charge in [0.15, 0.2) is 0 Å². The lowest BCUT2D eigenvalue weighted by Crippen LogP contribution is -1.92. The Balaban J connectivity index is -0.0000000929. The highest BCUT2D eigenvalue weighted by molar-refractivity contribution is 5.85. The number of aliphatic carboxylic acids is 3. The number of hydrogen-bond donors (Lipinski definition) is 5. The normalized spacial score (nSPS) is 7.24. The first-order valence-electron chi connectivity index (χ1n) is 5.32. The molecule has 0 bridgehead atoms. The van der Waals surface area contributed by atoms with Crippen LogP contribution in [0.5, 0.6) is 0 Å². The Labute approximate surface area is 123 Å². The first-order chi connectivity index (χ1) is 9.47. The number of carboxylic acids is 3. The second-order valence-corrected chi connectivity index (χ2v) is 3.16. The molecule has 0 aromatic rings. The third-order valence-corrected chi connectivity index (χ3v) is 1.00. The molecule has 8 heteroatoms. The zero-order valence-electron chi connectivity index (χ0n) is 12.1. The highest BCUT2D eigenvalue weighted by Crippen LogP contribution is 1.81. The molecule has 122 valence electrons. The zero-order chi connectivity index (χ0) is 18.0. The molecule has 0 aromatic carbocycles. The molecule has 0 heterocycles. The summed E-state index contributed by atoms with van der Waals surface area (Å²) in [6, 6.07) is 0. The number of hydrogen-bond acceptors (Lipinski definition) is 5. The topological polar surface area (TPSA) is 152 Å². The lowest BCUT2D eigenvalue weighted by molar-refractivity contribution is -0.133. The molecule has 0 saturated heterocycles. The molecule has 5 N–H and O–H groups in total. The molecule has 21 heavy (non-hydrogen) atoms. The molecule has 0 saturated carbocycles. The van der Waals surface area contributed by atoms with Crippen LogP contribution < -0.4 is 0 Å². The third kappa shape index (κ3) is 58.1. The van der Waals surface area contributed by atoms with Crippen molar-refractivity contribution < 1.29 is 39.9 Å². The summed E-state index contributed by atoms with van der Waals surface area (Å²) in [7, 11) is 0. The lowest BCUT2D eigenvalue weighted by atomic mass is 10.4. The molecule has 0 fully saturated rings. The molecule has 0 spiro atoms. The first-order valence-corrected chi connectivity index (χ1v) is 5.32. The van der Waals surface area contributed by atoms with Crippen molar-refractivity contribution in [1.29, 1.82) is 0 Å². The molecule has 0 aliphatic carbocycles. The molecule has 0 radical (unpaired) electrons. The van der Waals surface area contributed by atoms with E-state index in [2.05, 4.69) is 19.7 Å². The van der Waals surface area contributed by atoms with Crippen LogP contribution in [0.15, 0.2) is 37.0 Å². The molecule has 0 rings (SSSR count). The molecule has 8 nitrogen and oxygen atoms in total. The van der Waals surface area contributed by atoms with E-state index in [1.54, 1.807) is 0 Å². The predicted octanol–water partition coefficient (Wildman–Crippen LogP) is 0.522. The van der Waals surface area contributed by atoms with E-state index in [9.17, 15) is 14.4 Å². The SMILES string of the molecule is C=C(C)C(=O)O.C=C(C)C(=O)O.C=CC(=O)O.OCCO. The minimum absolute atomic E-state index is 0.125. The van der Waals surface area contributed by atoms with Crippen LogP contribution in [0.25, 0.3) is 0 Å². The van der Waals surface area contributed by atoms with Gasteiger partial charge >= 0.3 is 17.9 Å². The molecule has 0 amide bonds. The van der Waals surface area contributed by atoms with E-state index >= 15 is 0 Å². The highest BCUT2D eigenvalue weighted by atomic mass is 16.4. The minimum atomic E-state index is -0.981. The summed E-state index contributed by atoms with van der Waals surface area (Å²) in [6.45, 7) is 11.9. The van der Waals surface area contributed by atoms with Crippen molar-refractivity contribution in [2.75, 3.05) is 13.2 Å². The van der Waals surface area contributed by atoms with Crippen LogP contribution in [-0.2, 0) is 14.4 Å². The summed E-state index contributed by atoms with van der Waals surface area (Å²) in [6.07, 6.45) is 0.833. The van der Waals surface area contributed by atoms with Crippen LogP contribution in [0.1, 0.15) is 13.8 Å². The van der Waals surface area contributed by atoms with Gasteiger partial charge < -0.3 is 25.5 Å². The fourth-order valence-corrected chi connectivity index (χ4v) is 0. The standard InChI is InChI=1S/2C4H6O2.C3H4O2.C2H6O2/c2*1-3(2)4(5)6;1-2-3(4)5;3-1-2-4/h2*1H2,2H3,(H,5,6);2H,1H2,(H,4,5);3-4H,1-2H2. The van der Waals surface area contributed by atoms with Gasteiger partial charge in [-0.3, -0.25) is 0 Å². The van der Waals surface area contributed by atoms with Gasteiger partial charge in [-0.15, -0.1) is 0 Å². The average Bonchev–Trinajstić information content (AvgIpc) is 2.40. The summed E-state index contributed by atoms with van der Waals surface area (Å²) < 4.78 is 0. The van der Waals surface area contributed by atoms with Crippen LogP contribution >= 0.6 is 0 Å². The third-order valence-electron chi connectivity index (χ3n) is 1.00. The summed E-state index contributed by atoms with van der Waals surface area (Å²) in [5, 5.41) is 38.6. The van der Waals surface area contributed by atoms with Crippen LogP contribution in [-0.4, -0.2) is 56.7 Å². The monoisotopic (exact) mass is 306 g/mol. The second kappa shape index (κ2) is 19.9. The van der Waals surface area contributed by atoms with E-state index < -0.39 is 17.9 Å². The quantitative estimate of drug-likeness (QED) is 0.471.